The Morgan fingerprint density at radius 2 is 1.90 bits per heavy atom. The standard InChI is InChI=1S/C19H30ClN5O4Si/c1-18(2,3)30(6,7)26-8-10-12-13(29-19(4,5)28-12)16(27-10)25-9-22-11-14(21)23-17(20)24-15(11)25/h9-10,12-13,16H,8H2,1-7H3,(H2,21,23,24)/t10-,12-,13-,16-/m1/s1. The summed E-state index contributed by atoms with van der Waals surface area (Å²) in [7, 11) is -1.95. The number of nitrogens with two attached hydrogens (primary N) is 1. The normalized spacial score (nSPS) is 28.9. The highest BCUT2D eigenvalue weighted by Gasteiger charge is 2.56. The molecular weight excluding hydrogens is 426 g/mol. The maximum Gasteiger partial charge on any atom is 0.226 e. The molecule has 0 bridgehead atoms. The number of rotatable bonds is 4. The monoisotopic (exact) mass is 455 g/mol. The molecule has 4 atom stereocenters. The SMILES string of the molecule is CC1(C)O[C@@H]2[C@H](O1)[C@@H](CO[Si](C)(C)C(C)(C)C)O[C@H]2n1cnc2c(N)nc(Cl)nc21. The molecule has 4 heterocycles. The van der Waals surface area contributed by atoms with Crippen LogP contribution in [0.15, 0.2) is 6.33 Å². The molecule has 166 valence electrons. The summed E-state index contributed by atoms with van der Waals surface area (Å²) in [5.41, 5.74) is 6.93. The minimum absolute atomic E-state index is 0.0537. The molecule has 2 aliphatic heterocycles. The van der Waals surface area contributed by atoms with Crippen molar-refractivity contribution < 1.29 is 18.6 Å². The van der Waals surface area contributed by atoms with Crippen LogP contribution in [0.2, 0.25) is 23.4 Å². The smallest absolute Gasteiger partial charge is 0.226 e. The maximum absolute atomic E-state index is 6.43. The number of anilines is 1. The van der Waals surface area contributed by atoms with Crippen LogP contribution in [0.4, 0.5) is 5.82 Å². The summed E-state index contributed by atoms with van der Waals surface area (Å²) in [4.78, 5) is 12.6. The predicted molar refractivity (Wildman–Crippen MR) is 116 cm³/mol. The zero-order valence-corrected chi connectivity index (χ0v) is 20.2. The minimum Gasteiger partial charge on any atom is -0.414 e. The lowest BCUT2D eigenvalue weighted by Gasteiger charge is -2.37. The quantitative estimate of drug-likeness (QED) is 0.551. The van der Waals surface area contributed by atoms with Crippen LogP contribution < -0.4 is 5.73 Å². The van der Waals surface area contributed by atoms with Crippen LogP contribution >= 0.6 is 11.6 Å². The third kappa shape index (κ3) is 3.74. The molecule has 0 saturated carbocycles. The van der Waals surface area contributed by atoms with Crippen molar-refractivity contribution in [2.75, 3.05) is 12.3 Å². The van der Waals surface area contributed by atoms with Crippen LogP contribution in [0.5, 0.6) is 0 Å². The van der Waals surface area contributed by atoms with Gasteiger partial charge in [0.1, 0.15) is 23.8 Å². The Bertz CT molecular complexity index is 960. The van der Waals surface area contributed by atoms with Gasteiger partial charge in [-0.15, -0.1) is 0 Å². The van der Waals surface area contributed by atoms with E-state index in [4.69, 9.17) is 36.0 Å². The van der Waals surface area contributed by atoms with Gasteiger partial charge in [0, 0.05) is 0 Å². The molecule has 0 unspecified atom stereocenters. The molecule has 2 aromatic heterocycles. The van der Waals surface area contributed by atoms with Gasteiger partial charge in [-0.3, -0.25) is 4.57 Å². The highest BCUT2D eigenvalue weighted by molar-refractivity contribution is 6.74. The summed E-state index contributed by atoms with van der Waals surface area (Å²) in [6.45, 7) is 15.3. The Morgan fingerprint density at radius 3 is 2.57 bits per heavy atom. The lowest BCUT2D eigenvalue weighted by Crippen LogP contribution is -2.44. The second kappa shape index (κ2) is 7.11. The van der Waals surface area contributed by atoms with E-state index in [0.717, 1.165) is 0 Å². The first-order chi connectivity index (χ1) is 13.8. The third-order valence-corrected chi connectivity index (χ3v) is 10.9. The summed E-state index contributed by atoms with van der Waals surface area (Å²) in [5.74, 6) is -0.505. The Labute approximate surface area is 182 Å². The molecule has 2 fully saturated rings. The van der Waals surface area contributed by atoms with Crippen LogP contribution in [-0.2, 0) is 18.6 Å². The van der Waals surface area contributed by atoms with E-state index in [9.17, 15) is 0 Å². The van der Waals surface area contributed by atoms with E-state index < -0.39 is 20.3 Å². The average Bonchev–Trinajstić information content (AvgIpc) is 3.23. The van der Waals surface area contributed by atoms with Gasteiger partial charge in [-0.05, 0) is 43.6 Å². The number of fused-ring (bicyclic) bond motifs is 2. The number of hydrogen-bond donors (Lipinski definition) is 1. The van der Waals surface area contributed by atoms with Gasteiger partial charge < -0.3 is 24.4 Å². The Morgan fingerprint density at radius 1 is 1.23 bits per heavy atom. The van der Waals surface area contributed by atoms with Gasteiger partial charge in [0.25, 0.3) is 0 Å². The van der Waals surface area contributed by atoms with E-state index in [2.05, 4.69) is 48.8 Å². The Balaban J connectivity index is 1.64. The van der Waals surface area contributed by atoms with Crippen LogP contribution in [0.1, 0.15) is 40.8 Å². The molecular formula is C19H30ClN5O4Si. The first-order valence-corrected chi connectivity index (χ1v) is 13.4. The second-order valence-corrected chi connectivity index (χ2v) is 15.1. The van der Waals surface area contributed by atoms with Crippen molar-refractivity contribution in [1.82, 2.24) is 19.5 Å². The molecule has 2 N–H and O–H groups in total. The fourth-order valence-electron chi connectivity index (χ4n) is 3.62. The van der Waals surface area contributed by atoms with Gasteiger partial charge in [0.05, 0.1) is 12.9 Å². The summed E-state index contributed by atoms with van der Waals surface area (Å²) >= 11 is 6.03. The fraction of sp³-hybridized carbons (Fsp3) is 0.737. The number of hydrogen-bond acceptors (Lipinski definition) is 8. The van der Waals surface area contributed by atoms with Crippen LogP contribution in [-0.4, -0.2) is 58.5 Å². The lowest BCUT2D eigenvalue weighted by molar-refractivity contribution is -0.199. The molecule has 4 rings (SSSR count). The predicted octanol–water partition coefficient (Wildman–Crippen LogP) is 3.50. The molecule has 9 nitrogen and oxygen atoms in total. The lowest BCUT2D eigenvalue weighted by atomic mass is 10.1. The van der Waals surface area contributed by atoms with E-state index in [1.807, 2.05) is 13.8 Å². The molecule has 2 aromatic rings. The van der Waals surface area contributed by atoms with Crippen LogP contribution in [0, 0.1) is 0 Å². The summed E-state index contributed by atoms with van der Waals surface area (Å²) in [6.07, 6.45) is 0.213. The topological polar surface area (TPSA) is 107 Å². The summed E-state index contributed by atoms with van der Waals surface area (Å²) < 4.78 is 27.0. The van der Waals surface area contributed by atoms with Crippen molar-refractivity contribution in [1.29, 1.82) is 0 Å². The van der Waals surface area contributed by atoms with E-state index >= 15 is 0 Å². The van der Waals surface area contributed by atoms with Crippen molar-refractivity contribution in [3.05, 3.63) is 11.6 Å². The van der Waals surface area contributed by atoms with Crippen molar-refractivity contribution in [2.45, 2.75) is 83.1 Å². The number of ether oxygens (including phenoxy) is 3. The van der Waals surface area contributed by atoms with E-state index in [1.165, 1.54) is 0 Å². The van der Waals surface area contributed by atoms with Crippen molar-refractivity contribution >= 4 is 36.9 Å². The van der Waals surface area contributed by atoms with Gasteiger partial charge >= 0.3 is 0 Å². The first-order valence-electron chi connectivity index (χ1n) is 10.1. The Kier molecular flexibility index (Phi) is 5.19. The summed E-state index contributed by atoms with van der Waals surface area (Å²) in [6, 6.07) is 0. The van der Waals surface area contributed by atoms with Gasteiger partial charge in [-0.2, -0.15) is 9.97 Å². The highest BCUT2D eigenvalue weighted by atomic mass is 35.5. The third-order valence-electron chi connectivity index (χ3n) is 6.24. The number of imidazole rings is 1. The van der Waals surface area contributed by atoms with Crippen molar-refractivity contribution in [2.24, 2.45) is 0 Å². The highest BCUT2D eigenvalue weighted by Crippen LogP contribution is 2.45. The molecule has 11 heteroatoms. The number of nitrogens with zero attached hydrogens (tertiary/aromatic N) is 4. The average molecular weight is 456 g/mol. The first kappa shape index (κ1) is 21.9. The zero-order chi connectivity index (χ0) is 22.1. The molecule has 0 aliphatic carbocycles. The van der Waals surface area contributed by atoms with Gasteiger partial charge in [-0.1, -0.05) is 20.8 Å². The number of aromatic nitrogens is 4. The number of halogens is 1. The zero-order valence-electron chi connectivity index (χ0n) is 18.5. The molecule has 0 amide bonds. The van der Waals surface area contributed by atoms with Crippen molar-refractivity contribution in [3.63, 3.8) is 0 Å². The van der Waals surface area contributed by atoms with Gasteiger partial charge in [0.2, 0.25) is 5.28 Å². The van der Waals surface area contributed by atoms with Gasteiger partial charge in [0.15, 0.2) is 31.8 Å². The van der Waals surface area contributed by atoms with Crippen molar-refractivity contribution in [3.8, 4) is 0 Å². The Hall–Kier alpha value is -1.30. The molecule has 0 spiro atoms. The van der Waals surface area contributed by atoms with Crippen LogP contribution in [0.3, 0.4) is 0 Å². The number of nitrogen functional groups attached to an aromatic ring is 1. The van der Waals surface area contributed by atoms with E-state index in [1.54, 1.807) is 10.9 Å². The maximum atomic E-state index is 6.43. The van der Waals surface area contributed by atoms with E-state index in [-0.39, 0.29) is 34.5 Å². The fourth-order valence-corrected chi connectivity index (χ4v) is 4.81. The summed E-state index contributed by atoms with van der Waals surface area (Å²) in [5, 5.41) is 0.153. The molecule has 30 heavy (non-hydrogen) atoms. The molecule has 2 aliphatic rings. The second-order valence-electron chi connectivity index (χ2n) is 9.90. The minimum atomic E-state index is -1.95. The van der Waals surface area contributed by atoms with Crippen LogP contribution in [0.25, 0.3) is 11.2 Å². The molecule has 0 radical (unpaired) electrons. The van der Waals surface area contributed by atoms with E-state index in [0.29, 0.717) is 17.8 Å². The molecule has 0 aromatic carbocycles. The largest absolute Gasteiger partial charge is 0.414 e. The van der Waals surface area contributed by atoms with Gasteiger partial charge in [-0.25, -0.2) is 4.98 Å². The molecule has 2 saturated heterocycles.